The van der Waals surface area contributed by atoms with Crippen molar-refractivity contribution in [2.75, 3.05) is 5.73 Å². The Morgan fingerprint density at radius 3 is 1.48 bits per heavy atom. The smallest absolute Gasteiger partial charge is 0.143 e. The number of ether oxygens (including phenoxy) is 1. The van der Waals surface area contributed by atoms with Gasteiger partial charge in [-0.25, -0.2) is 0 Å². The van der Waals surface area contributed by atoms with Gasteiger partial charge in [0.05, 0.1) is 11.8 Å². The summed E-state index contributed by atoms with van der Waals surface area (Å²) in [6.45, 7) is 0.380. The Bertz CT molecular complexity index is 2520. The fourth-order valence-corrected chi connectivity index (χ4v) is 6.85. The SMILES string of the molecule is N#CC1=CCC=C(c2ccc(-c3cc(OCc4ccc(-c5ccc(-c6ccccc6)cc5)cc4)c(N)c(-c4ccc(-c5ccccc5)cc4)c3)cc2)C=C1. The normalized spacial score (nSPS) is 12.3. The highest BCUT2D eigenvalue weighted by molar-refractivity contribution is 5.87. The van der Waals surface area contributed by atoms with Gasteiger partial charge in [-0.15, -0.1) is 0 Å². The molecule has 0 aromatic heterocycles. The van der Waals surface area contributed by atoms with Crippen LogP contribution in [0, 0.1) is 11.3 Å². The minimum atomic E-state index is 0.380. The van der Waals surface area contributed by atoms with Crippen molar-refractivity contribution < 1.29 is 4.74 Å². The molecule has 0 heterocycles. The summed E-state index contributed by atoms with van der Waals surface area (Å²) in [5.41, 5.74) is 22.5. The molecule has 0 unspecified atom stereocenters. The molecular weight excluding hydrogens is 657 g/mol. The average Bonchev–Trinajstić information content (AvgIpc) is 3.50. The molecule has 0 amide bonds. The van der Waals surface area contributed by atoms with E-state index in [4.69, 9.17) is 10.5 Å². The van der Waals surface area contributed by atoms with Gasteiger partial charge in [-0.2, -0.15) is 5.26 Å². The standard InChI is InChI=1S/C51H38N2O/c52-34-36-8-7-13-40(17-14-36)44-24-26-46(27-25-44)48-32-49(47-30-28-43(29-31-47)39-11-5-2-6-12-39)51(53)50(33-48)54-35-37-15-18-41(19-16-37)45-22-20-42(21-23-45)38-9-3-1-4-10-38/h1-6,8-33H,7,35,53H2. The molecule has 1 aliphatic carbocycles. The number of rotatable bonds is 9. The Morgan fingerprint density at radius 2 is 0.944 bits per heavy atom. The molecule has 0 aliphatic heterocycles. The first-order valence-corrected chi connectivity index (χ1v) is 18.2. The van der Waals surface area contributed by atoms with Gasteiger partial charge < -0.3 is 10.5 Å². The van der Waals surface area contributed by atoms with E-state index in [1.807, 2.05) is 36.4 Å². The first-order chi connectivity index (χ1) is 26.6. The third-order valence-corrected chi connectivity index (χ3v) is 9.92. The molecule has 0 bridgehead atoms. The highest BCUT2D eigenvalue weighted by atomic mass is 16.5. The minimum Gasteiger partial charge on any atom is -0.487 e. The van der Waals surface area contributed by atoms with E-state index in [-0.39, 0.29) is 0 Å². The van der Waals surface area contributed by atoms with E-state index < -0.39 is 0 Å². The summed E-state index contributed by atoms with van der Waals surface area (Å²) in [6, 6.07) is 61.5. The first-order valence-electron chi connectivity index (χ1n) is 18.2. The van der Waals surface area contributed by atoms with Gasteiger partial charge in [-0.3, -0.25) is 0 Å². The lowest BCUT2D eigenvalue weighted by Crippen LogP contribution is -2.01. The number of hydrogen-bond acceptors (Lipinski definition) is 3. The summed E-state index contributed by atoms with van der Waals surface area (Å²) in [4.78, 5) is 0. The monoisotopic (exact) mass is 694 g/mol. The third kappa shape index (κ3) is 7.55. The Morgan fingerprint density at radius 1 is 0.481 bits per heavy atom. The van der Waals surface area contributed by atoms with Crippen LogP contribution in [0.5, 0.6) is 5.75 Å². The van der Waals surface area contributed by atoms with Gasteiger partial charge in [0.1, 0.15) is 12.4 Å². The molecule has 7 aromatic carbocycles. The van der Waals surface area contributed by atoms with E-state index in [1.54, 1.807) is 0 Å². The van der Waals surface area contributed by atoms with Crippen LogP contribution in [0.15, 0.2) is 200 Å². The van der Waals surface area contributed by atoms with Crippen LogP contribution in [0.4, 0.5) is 5.69 Å². The summed E-state index contributed by atoms with van der Waals surface area (Å²) >= 11 is 0. The number of benzene rings is 7. The van der Waals surface area contributed by atoms with Crippen molar-refractivity contribution in [1.29, 1.82) is 5.26 Å². The summed E-state index contributed by atoms with van der Waals surface area (Å²) in [5, 5.41) is 9.33. The number of nitrogens with two attached hydrogens (primary N) is 1. The molecule has 1 aliphatic rings. The summed E-state index contributed by atoms with van der Waals surface area (Å²) < 4.78 is 6.53. The zero-order chi connectivity index (χ0) is 36.7. The highest BCUT2D eigenvalue weighted by Crippen LogP contribution is 2.40. The fourth-order valence-electron chi connectivity index (χ4n) is 6.85. The Kier molecular flexibility index (Phi) is 9.82. The Labute approximate surface area is 317 Å². The van der Waals surface area contributed by atoms with E-state index in [9.17, 15) is 5.26 Å². The number of nitriles is 1. The molecule has 0 atom stereocenters. The number of nitrogens with zero attached hydrogens (tertiary/aromatic N) is 1. The van der Waals surface area contributed by atoms with Crippen LogP contribution in [-0.4, -0.2) is 0 Å². The molecule has 3 heteroatoms. The zero-order valence-electron chi connectivity index (χ0n) is 29.8. The maximum Gasteiger partial charge on any atom is 0.143 e. The molecule has 2 N–H and O–H groups in total. The number of hydrogen-bond donors (Lipinski definition) is 1. The first kappa shape index (κ1) is 34.0. The van der Waals surface area contributed by atoms with Gasteiger partial charge >= 0.3 is 0 Å². The molecule has 258 valence electrons. The molecular formula is C51H38N2O. The van der Waals surface area contributed by atoms with Crippen LogP contribution in [0.2, 0.25) is 0 Å². The molecule has 0 saturated carbocycles. The van der Waals surface area contributed by atoms with Crippen molar-refractivity contribution in [3.8, 4) is 67.5 Å². The van der Waals surface area contributed by atoms with Gasteiger partial charge in [-0.05, 0) is 91.4 Å². The molecule has 0 spiro atoms. The number of allylic oxidation sites excluding steroid dienone is 6. The summed E-state index contributed by atoms with van der Waals surface area (Å²) in [5.74, 6) is 0.642. The minimum absolute atomic E-state index is 0.380. The number of nitrogen functional groups attached to an aromatic ring is 1. The molecule has 7 aromatic rings. The zero-order valence-corrected chi connectivity index (χ0v) is 29.8. The van der Waals surface area contributed by atoms with Crippen molar-refractivity contribution in [1.82, 2.24) is 0 Å². The molecule has 54 heavy (non-hydrogen) atoms. The van der Waals surface area contributed by atoms with Crippen molar-refractivity contribution in [3.63, 3.8) is 0 Å². The van der Waals surface area contributed by atoms with Crippen LogP contribution in [0.1, 0.15) is 17.5 Å². The summed E-state index contributed by atoms with van der Waals surface area (Å²) in [6.07, 6.45) is 8.71. The van der Waals surface area contributed by atoms with Gasteiger partial charge in [0.25, 0.3) is 0 Å². The van der Waals surface area contributed by atoms with E-state index in [0.29, 0.717) is 23.6 Å². The molecule has 8 rings (SSSR count). The lowest BCUT2D eigenvalue weighted by atomic mass is 9.94. The number of anilines is 1. The van der Waals surface area contributed by atoms with E-state index in [1.165, 1.54) is 22.3 Å². The van der Waals surface area contributed by atoms with Crippen LogP contribution < -0.4 is 10.5 Å². The second-order valence-corrected chi connectivity index (χ2v) is 13.4. The summed E-state index contributed by atoms with van der Waals surface area (Å²) in [7, 11) is 0. The lowest BCUT2D eigenvalue weighted by Gasteiger charge is -2.17. The Balaban J connectivity index is 1.06. The Hall–Kier alpha value is -7.15. The largest absolute Gasteiger partial charge is 0.487 e. The third-order valence-electron chi connectivity index (χ3n) is 9.92. The second kappa shape index (κ2) is 15.6. The quantitative estimate of drug-likeness (QED) is 0.153. The molecule has 0 fully saturated rings. The van der Waals surface area contributed by atoms with Gasteiger partial charge in [0.15, 0.2) is 0 Å². The second-order valence-electron chi connectivity index (χ2n) is 13.4. The lowest BCUT2D eigenvalue weighted by molar-refractivity contribution is 0.308. The highest BCUT2D eigenvalue weighted by Gasteiger charge is 2.14. The van der Waals surface area contributed by atoms with Crippen molar-refractivity contribution in [2.24, 2.45) is 0 Å². The van der Waals surface area contributed by atoms with Crippen LogP contribution in [0.3, 0.4) is 0 Å². The molecule has 0 saturated heterocycles. The van der Waals surface area contributed by atoms with Crippen LogP contribution in [0.25, 0.3) is 61.2 Å². The van der Waals surface area contributed by atoms with Gasteiger partial charge in [0, 0.05) is 11.1 Å². The van der Waals surface area contributed by atoms with Gasteiger partial charge in [0.2, 0.25) is 0 Å². The van der Waals surface area contributed by atoms with Crippen molar-refractivity contribution >= 4 is 11.3 Å². The molecule has 0 radical (unpaired) electrons. The van der Waals surface area contributed by atoms with E-state index in [0.717, 1.165) is 56.5 Å². The van der Waals surface area contributed by atoms with Crippen LogP contribution >= 0.6 is 0 Å². The van der Waals surface area contributed by atoms with Gasteiger partial charge in [-0.1, -0.05) is 176 Å². The van der Waals surface area contributed by atoms with Crippen molar-refractivity contribution in [3.05, 3.63) is 211 Å². The molecule has 3 nitrogen and oxygen atoms in total. The van der Waals surface area contributed by atoms with Crippen molar-refractivity contribution in [2.45, 2.75) is 13.0 Å². The topological polar surface area (TPSA) is 59.0 Å². The van der Waals surface area contributed by atoms with E-state index >= 15 is 0 Å². The fraction of sp³-hybridized carbons (Fsp3) is 0.0392. The maximum absolute atomic E-state index is 9.33. The maximum atomic E-state index is 9.33. The predicted molar refractivity (Wildman–Crippen MR) is 224 cm³/mol. The van der Waals surface area contributed by atoms with Crippen LogP contribution in [-0.2, 0) is 6.61 Å². The van der Waals surface area contributed by atoms with E-state index in [2.05, 4.69) is 164 Å². The predicted octanol–water partition coefficient (Wildman–Crippen LogP) is 13.0. The average molecular weight is 695 g/mol.